The molecule has 3 aromatic heterocycles. The quantitative estimate of drug-likeness (QED) is 0.167. The van der Waals surface area contributed by atoms with Crippen LogP contribution in [0.3, 0.4) is 0 Å². The van der Waals surface area contributed by atoms with Gasteiger partial charge in [-0.25, -0.2) is 9.67 Å². The topological polar surface area (TPSA) is 38.9 Å². The maximum absolute atomic E-state index is 5.66. The van der Waals surface area contributed by atoms with Crippen LogP contribution in [0, 0.1) is 20.8 Å². The fourth-order valence-electron chi connectivity index (χ4n) is 10.5. The van der Waals surface area contributed by atoms with Crippen molar-refractivity contribution in [3.63, 3.8) is 0 Å². The van der Waals surface area contributed by atoms with Crippen LogP contribution in [0.5, 0.6) is 0 Å². The van der Waals surface area contributed by atoms with Crippen LogP contribution in [-0.4, -0.2) is 19.3 Å². The minimum absolute atomic E-state index is 0.0251. The number of aryl methyl sites for hydroxylation is 3. The van der Waals surface area contributed by atoms with E-state index >= 15 is 0 Å². The van der Waals surface area contributed by atoms with Crippen molar-refractivity contribution in [3.05, 3.63) is 209 Å². The Labute approximate surface area is 382 Å². The lowest BCUT2D eigenvalue weighted by molar-refractivity contribution is 0.588. The zero-order valence-corrected chi connectivity index (χ0v) is 38.5. The van der Waals surface area contributed by atoms with Gasteiger partial charge >= 0.3 is 0 Å². The number of hydrogen-bond acceptors (Lipinski definition) is 3. The molecule has 0 spiro atoms. The zero-order valence-electron chi connectivity index (χ0n) is 38.5. The van der Waals surface area contributed by atoms with Gasteiger partial charge in [0.05, 0.1) is 33.8 Å². The van der Waals surface area contributed by atoms with Gasteiger partial charge in [-0.05, 0) is 108 Å². The smallest absolute Gasteiger partial charge is 0.137 e. The summed E-state index contributed by atoms with van der Waals surface area (Å²) in [6.07, 6.45) is 1.95. The van der Waals surface area contributed by atoms with Gasteiger partial charge in [0.1, 0.15) is 11.5 Å². The Kier molecular flexibility index (Phi) is 9.33. The number of pyridine rings is 1. The van der Waals surface area contributed by atoms with E-state index in [-0.39, 0.29) is 10.8 Å². The molecule has 0 aliphatic carbocycles. The molecule has 65 heavy (non-hydrogen) atoms. The van der Waals surface area contributed by atoms with Crippen molar-refractivity contribution in [1.82, 2.24) is 19.3 Å². The number of nitrogens with zero attached hydrogens (tertiary/aromatic N) is 5. The Morgan fingerprint density at radius 2 is 1.15 bits per heavy atom. The van der Waals surface area contributed by atoms with Gasteiger partial charge in [-0.2, -0.15) is 5.10 Å². The molecular weight excluding hydrogens is 791 g/mol. The Balaban J connectivity index is 1.19. The first-order chi connectivity index (χ1) is 31.4. The first-order valence-electron chi connectivity index (χ1n) is 22.8. The van der Waals surface area contributed by atoms with Crippen LogP contribution >= 0.6 is 0 Å². The van der Waals surface area contributed by atoms with Crippen molar-refractivity contribution in [2.75, 3.05) is 4.90 Å². The van der Waals surface area contributed by atoms with Crippen LogP contribution in [0.1, 0.15) is 68.0 Å². The molecule has 5 nitrogen and oxygen atoms in total. The monoisotopic (exact) mass is 843 g/mol. The third kappa shape index (κ3) is 6.51. The standard InChI is InChI=1S/C60H53N5/c1-38-33-39(2)55(40(3)34-38)56-57(41-19-11-9-12-20-41)62-65(58(56)42-21-13-10-14-22-42)45-28-30-49-53(37-45)63(51-26-18-16-24-48(51)60(49,7)8)44-27-29-47-46-23-15-17-25-50(46)64(52(47)36-44)54-35-43(31-32-61-54)59(4,5)6/h9-37H,1-8H3. The van der Waals surface area contributed by atoms with Crippen molar-refractivity contribution in [3.8, 4) is 45.1 Å². The van der Waals surface area contributed by atoms with E-state index in [1.807, 2.05) is 6.20 Å². The molecule has 0 atom stereocenters. The molecule has 318 valence electrons. The molecule has 4 heterocycles. The molecule has 1 aliphatic rings. The highest BCUT2D eigenvalue weighted by Crippen LogP contribution is 2.53. The van der Waals surface area contributed by atoms with Crippen LogP contribution in [0.25, 0.3) is 67.0 Å². The van der Waals surface area contributed by atoms with E-state index in [0.717, 1.165) is 67.7 Å². The summed E-state index contributed by atoms with van der Waals surface area (Å²) in [6.45, 7) is 18.1. The van der Waals surface area contributed by atoms with E-state index < -0.39 is 0 Å². The minimum atomic E-state index is -0.278. The maximum Gasteiger partial charge on any atom is 0.137 e. The van der Waals surface area contributed by atoms with Gasteiger partial charge < -0.3 is 4.90 Å². The summed E-state index contributed by atoms with van der Waals surface area (Å²) in [4.78, 5) is 7.49. The van der Waals surface area contributed by atoms with E-state index in [9.17, 15) is 0 Å². The Morgan fingerprint density at radius 3 is 1.89 bits per heavy atom. The largest absolute Gasteiger partial charge is 0.310 e. The van der Waals surface area contributed by atoms with Gasteiger partial charge in [-0.15, -0.1) is 0 Å². The van der Waals surface area contributed by atoms with Crippen molar-refractivity contribution in [2.24, 2.45) is 0 Å². The molecule has 11 rings (SSSR count). The molecule has 7 aromatic carbocycles. The zero-order chi connectivity index (χ0) is 44.8. The number of benzene rings is 7. The number of para-hydroxylation sites is 2. The van der Waals surface area contributed by atoms with Crippen molar-refractivity contribution in [1.29, 1.82) is 0 Å². The fraction of sp³-hybridized carbons (Fsp3) is 0.167. The number of rotatable bonds is 6. The first-order valence-corrected chi connectivity index (χ1v) is 22.8. The summed E-state index contributed by atoms with van der Waals surface area (Å²) in [5, 5.41) is 8.06. The van der Waals surface area contributed by atoms with E-state index in [2.05, 4.69) is 239 Å². The minimum Gasteiger partial charge on any atom is -0.310 e. The number of fused-ring (bicyclic) bond motifs is 5. The summed E-state index contributed by atoms with van der Waals surface area (Å²) >= 11 is 0. The van der Waals surface area contributed by atoms with Crippen molar-refractivity contribution in [2.45, 2.75) is 66.2 Å². The second-order valence-electron chi connectivity index (χ2n) is 19.4. The van der Waals surface area contributed by atoms with Gasteiger partial charge in [0, 0.05) is 44.8 Å². The number of aromatic nitrogens is 4. The molecule has 1 aliphatic heterocycles. The van der Waals surface area contributed by atoms with E-state index in [1.54, 1.807) is 0 Å². The normalized spacial score (nSPS) is 13.3. The van der Waals surface area contributed by atoms with Gasteiger partial charge in [0.15, 0.2) is 0 Å². The molecule has 0 fully saturated rings. The Morgan fingerprint density at radius 1 is 0.523 bits per heavy atom. The molecule has 0 bridgehead atoms. The fourth-order valence-corrected chi connectivity index (χ4v) is 10.5. The van der Waals surface area contributed by atoms with Crippen LogP contribution in [0.2, 0.25) is 0 Å². The average Bonchev–Trinajstić information content (AvgIpc) is 3.85. The third-order valence-corrected chi connectivity index (χ3v) is 13.6. The highest BCUT2D eigenvalue weighted by molar-refractivity contribution is 6.10. The second-order valence-corrected chi connectivity index (χ2v) is 19.4. The molecular formula is C60H53N5. The Bertz CT molecular complexity index is 3450. The summed E-state index contributed by atoms with van der Waals surface area (Å²) in [5.74, 6) is 0.917. The molecule has 0 saturated heterocycles. The molecule has 0 amide bonds. The molecule has 0 N–H and O–H groups in total. The number of hydrogen-bond donors (Lipinski definition) is 0. The lowest BCUT2D eigenvalue weighted by atomic mass is 9.73. The van der Waals surface area contributed by atoms with Gasteiger partial charge in [0.2, 0.25) is 0 Å². The second kappa shape index (κ2) is 15.1. The van der Waals surface area contributed by atoms with Gasteiger partial charge in [-0.1, -0.05) is 162 Å². The van der Waals surface area contributed by atoms with Crippen molar-refractivity contribution >= 4 is 38.9 Å². The summed E-state index contributed by atoms with van der Waals surface area (Å²) in [7, 11) is 0. The van der Waals surface area contributed by atoms with Crippen LogP contribution in [-0.2, 0) is 10.8 Å². The first kappa shape index (κ1) is 40.3. The highest BCUT2D eigenvalue weighted by Gasteiger charge is 2.38. The lowest BCUT2D eigenvalue weighted by Crippen LogP contribution is -2.30. The van der Waals surface area contributed by atoms with Crippen molar-refractivity contribution < 1.29 is 0 Å². The van der Waals surface area contributed by atoms with E-state index in [0.29, 0.717) is 0 Å². The molecule has 0 unspecified atom stereocenters. The molecule has 10 aromatic rings. The molecule has 5 heteroatoms. The van der Waals surface area contributed by atoms with Crippen LogP contribution in [0.4, 0.5) is 17.1 Å². The predicted molar refractivity (Wildman–Crippen MR) is 272 cm³/mol. The van der Waals surface area contributed by atoms with Gasteiger partial charge in [0.25, 0.3) is 0 Å². The molecule has 0 radical (unpaired) electrons. The third-order valence-electron chi connectivity index (χ3n) is 13.6. The summed E-state index contributed by atoms with van der Waals surface area (Å²) in [5.41, 5.74) is 20.4. The Hall–Kier alpha value is -7.50. The van der Waals surface area contributed by atoms with Gasteiger partial charge in [-0.3, -0.25) is 4.57 Å². The van der Waals surface area contributed by atoms with Crippen LogP contribution < -0.4 is 4.90 Å². The average molecular weight is 844 g/mol. The maximum atomic E-state index is 5.66. The predicted octanol–water partition coefficient (Wildman–Crippen LogP) is 15.7. The summed E-state index contributed by atoms with van der Waals surface area (Å²) in [6, 6.07) is 62.0. The van der Waals surface area contributed by atoms with E-state index in [1.165, 1.54) is 49.7 Å². The number of anilines is 3. The molecule has 0 saturated carbocycles. The van der Waals surface area contributed by atoms with E-state index in [4.69, 9.17) is 10.1 Å². The van der Waals surface area contributed by atoms with Crippen LogP contribution in [0.15, 0.2) is 176 Å². The summed E-state index contributed by atoms with van der Waals surface area (Å²) < 4.78 is 4.55. The SMILES string of the molecule is Cc1cc(C)c(-c2c(-c3ccccc3)nn(-c3ccc4c(c3)N(c3ccc5c6ccccc6n(-c6cc(C(C)(C)C)ccn6)c5c3)c3ccccc3C4(C)C)c2-c2ccccc2)c(C)c1. The highest BCUT2D eigenvalue weighted by atomic mass is 15.3. The lowest BCUT2D eigenvalue weighted by Gasteiger charge is -2.42.